The Labute approximate surface area is 121 Å². The van der Waals surface area contributed by atoms with E-state index in [4.69, 9.17) is 4.74 Å². The molecule has 0 bridgehead atoms. The molecule has 0 aliphatic carbocycles. The number of ether oxygens (including phenoxy) is 1. The number of aromatic nitrogens is 1. The highest BCUT2D eigenvalue weighted by molar-refractivity contribution is 14.1. The maximum atomic E-state index is 5.94. The van der Waals surface area contributed by atoms with Crippen molar-refractivity contribution in [3.8, 4) is 0 Å². The fraction of sp³-hybridized carbons (Fsp3) is 0.400. The molecule has 0 N–H and O–H groups in total. The molecule has 1 aromatic carbocycles. The Morgan fingerprint density at radius 2 is 2.17 bits per heavy atom. The molecule has 1 fully saturated rings. The predicted octanol–water partition coefficient (Wildman–Crippen LogP) is 4.39. The van der Waals surface area contributed by atoms with Crippen molar-refractivity contribution in [2.45, 2.75) is 32.3 Å². The minimum Gasteiger partial charge on any atom is -0.374 e. The molecule has 94 valence electrons. The molecule has 2 nitrogen and oxygen atoms in total. The predicted molar refractivity (Wildman–Crippen MR) is 81.7 cm³/mol. The van der Waals surface area contributed by atoms with Crippen molar-refractivity contribution in [3.05, 3.63) is 39.1 Å². The van der Waals surface area contributed by atoms with Crippen LogP contribution in [0, 0.1) is 10.5 Å². The largest absolute Gasteiger partial charge is 0.374 e. The molecule has 3 rings (SSSR count). The molecule has 0 spiro atoms. The maximum absolute atomic E-state index is 5.94. The number of benzene rings is 1. The molecule has 2 aromatic rings. The van der Waals surface area contributed by atoms with Crippen LogP contribution in [-0.4, -0.2) is 11.6 Å². The molecule has 0 amide bonds. The average Bonchev–Trinajstić information content (AvgIpc) is 2.39. The van der Waals surface area contributed by atoms with E-state index in [1.54, 1.807) is 0 Å². The third-order valence-electron chi connectivity index (χ3n) is 3.46. The minimum absolute atomic E-state index is 0.251. The van der Waals surface area contributed by atoms with Gasteiger partial charge in [-0.3, -0.25) is 4.98 Å². The average molecular weight is 353 g/mol. The molecule has 1 aromatic heterocycles. The fourth-order valence-corrected chi connectivity index (χ4v) is 3.11. The highest BCUT2D eigenvalue weighted by Gasteiger charge is 2.19. The number of pyridine rings is 1. The van der Waals surface area contributed by atoms with Crippen molar-refractivity contribution in [1.29, 1.82) is 0 Å². The zero-order valence-corrected chi connectivity index (χ0v) is 12.6. The molecule has 2 heterocycles. The summed E-state index contributed by atoms with van der Waals surface area (Å²) in [7, 11) is 0. The first-order chi connectivity index (χ1) is 8.74. The lowest BCUT2D eigenvalue weighted by atomic mass is 9.97. The number of aryl methyl sites for hydroxylation is 1. The van der Waals surface area contributed by atoms with E-state index in [2.05, 4.69) is 58.8 Å². The van der Waals surface area contributed by atoms with Gasteiger partial charge in [0.15, 0.2) is 0 Å². The van der Waals surface area contributed by atoms with Crippen molar-refractivity contribution >= 4 is 33.5 Å². The van der Waals surface area contributed by atoms with Gasteiger partial charge in [0.05, 0.1) is 11.6 Å². The van der Waals surface area contributed by atoms with E-state index in [9.17, 15) is 0 Å². The number of hydrogen-bond donors (Lipinski definition) is 0. The lowest BCUT2D eigenvalue weighted by Crippen LogP contribution is -2.12. The lowest BCUT2D eigenvalue weighted by Gasteiger charge is -2.24. The van der Waals surface area contributed by atoms with E-state index in [0.717, 1.165) is 24.2 Å². The molecular formula is C15H16INO. The topological polar surface area (TPSA) is 22.1 Å². The summed E-state index contributed by atoms with van der Waals surface area (Å²) in [6.07, 6.45) is 3.83. The Morgan fingerprint density at radius 3 is 2.94 bits per heavy atom. The molecule has 1 aliphatic rings. The third kappa shape index (κ3) is 2.38. The second-order valence-corrected chi connectivity index (χ2v) is 6.12. The van der Waals surface area contributed by atoms with Gasteiger partial charge in [0, 0.05) is 21.3 Å². The van der Waals surface area contributed by atoms with Crippen LogP contribution in [-0.2, 0) is 4.74 Å². The molecule has 1 aliphatic heterocycles. The molecular weight excluding hydrogens is 337 g/mol. The molecule has 1 saturated heterocycles. The number of rotatable bonds is 1. The highest BCUT2D eigenvalue weighted by atomic mass is 127. The minimum atomic E-state index is 0.251. The number of nitrogens with zero attached hydrogens (tertiary/aromatic N) is 1. The fourth-order valence-electron chi connectivity index (χ4n) is 2.61. The van der Waals surface area contributed by atoms with E-state index in [-0.39, 0.29) is 6.10 Å². The summed E-state index contributed by atoms with van der Waals surface area (Å²) in [5.41, 5.74) is 3.48. The van der Waals surface area contributed by atoms with Crippen LogP contribution in [0.1, 0.15) is 36.6 Å². The van der Waals surface area contributed by atoms with E-state index < -0.39 is 0 Å². The van der Waals surface area contributed by atoms with Gasteiger partial charge in [-0.25, -0.2) is 0 Å². The lowest BCUT2D eigenvalue weighted by molar-refractivity contribution is 0.0158. The normalized spacial score (nSPS) is 20.2. The van der Waals surface area contributed by atoms with E-state index in [1.165, 1.54) is 27.4 Å². The molecule has 18 heavy (non-hydrogen) atoms. The molecule has 0 saturated carbocycles. The van der Waals surface area contributed by atoms with Crippen LogP contribution < -0.4 is 0 Å². The summed E-state index contributed by atoms with van der Waals surface area (Å²) in [4.78, 5) is 4.61. The van der Waals surface area contributed by atoms with Crippen molar-refractivity contribution in [2.75, 3.05) is 6.61 Å². The quantitative estimate of drug-likeness (QED) is 0.710. The SMILES string of the molecule is Cc1cc(C2CCCCO2)c2cc(I)ccc2n1. The van der Waals surface area contributed by atoms with E-state index >= 15 is 0 Å². The van der Waals surface area contributed by atoms with Gasteiger partial charge in [-0.15, -0.1) is 0 Å². The first-order valence-electron chi connectivity index (χ1n) is 6.42. The zero-order chi connectivity index (χ0) is 12.5. The Bertz CT molecular complexity index is 576. The van der Waals surface area contributed by atoms with E-state index in [0.29, 0.717) is 0 Å². The second-order valence-electron chi connectivity index (χ2n) is 4.87. The van der Waals surface area contributed by atoms with Crippen LogP contribution in [0.25, 0.3) is 10.9 Å². The van der Waals surface area contributed by atoms with Gasteiger partial charge in [-0.1, -0.05) is 0 Å². The second kappa shape index (κ2) is 5.13. The van der Waals surface area contributed by atoms with Crippen LogP contribution in [0.3, 0.4) is 0 Å². The summed E-state index contributed by atoms with van der Waals surface area (Å²) in [5, 5.41) is 1.25. The van der Waals surface area contributed by atoms with Crippen LogP contribution in [0.5, 0.6) is 0 Å². The molecule has 0 radical (unpaired) electrons. The van der Waals surface area contributed by atoms with Crippen LogP contribution >= 0.6 is 22.6 Å². The molecule has 1 atom stereocenters. The van der Waals surface area contributed by atoms with Gasteiger partial charge in [-0.05, 0) is 78.6 Å². The van der Waals surface area contributed by atoms with Crippen molar-refractivity contribution < 1.29 is 4.74 Å². The Morgan fingerprint density at radius 1 is 1.28 bits per heavy atom. The van der Waals surface area contributed by atoms with Gasteiger partial charge in [-0.2, -0.15) is 0 Å². The molecule has 3 heteroatoms. The Hall–Kier alpha value is -0.680. The Kier molecular flexibility index (Phi) is 3.52. The first kappa shape index (κ1) is 12.4. The van der Waals surface area contributed by atoms with Crippen LogP contribution in [0.2, 0.25) is 0 Å². The Balaban J connectivity index is 2.16. The highest BCUT2D eigenvalue weighted by Crippen LogP contribution is 2.33. The van der Waals surface area contributed by atoms with Gasteiger partial charge in [0.2, 0.25) is 0 Å². The maximum Gasteiger partial charge on any atom is 0.0832 e. The van der Waals surface area contributed by atoms with Crippen molar-refractivity contribution in [1.82, 2.24) is 4.98 Å². The number of hydrogen-bond acceptors (Lipinski definition) is 2. The molecule has 1 unspecified atom stereocenters. The van der Waals surface area contributed by atoms with Crippen molar-refractivity contribution in [2.24, 2.45) is 0 Å². The summed E-state index contributed by atoms with van der Waals surface area (Å²) in [5.74, 6) is 0. The number of halogens is 1. The van der Waals surface area contributed by atoms with Gasteiger partial charge in [0.1, 0.15) is 0 Å². The first-order valence-corrected chi connectivity index (χ1v) is 7.50. The summed E-state index contributed by atoms with van der Waals surface area (Å²) < 4.78 is 7.19. The van der Waals surface area contributed by atoms with Crippen LogP contribution in [0.4, 0.5) is 0 Å². The summed E-state index contributed by atoms with van der Waals surface area (Å²) >= 11 is 2.36. The monoisotopic (exact) mass is 353 g/mol. The van der Waals surface area contributed by atoms with Gasteiger partial charge < -0.3 is 4.74 Å². The summed E-state index contributed by atoms with van der Waals surface area (Å²) in [6.45, 7) is 2.95. The zero-order valence-electron chi connectivity index (χ0n) is 10.4. The third-order valence-corrected chi connectivity index (χ3v) is 4.13. The van der Waals surface area contributed by atoms with Crippen LogP contribution in [0.15, 0.2) is 24.3 Å². The summed E-state index contributed by atoms with van der Waals surface area (Å²) in [6, 6.07) is 8.63. The standard InChI is InChI=1S/C15H16INO/c1-10-8-13(15-4-2-3-7-18-15)12-9-11(16)5-6-14(12)17-10/h5-6,8-9,15H,2-4,7H2,1H3. The van der Waals surface area contributed by atoms with Crippen molar-refractivity contribution in [3.63, 3.8) is 0 Å². The van der Waals surface area contributed by atoms with Gasteiger partial charge >= 0.3 is 0 Å². The number of fused-ring (bicyclic) bond motifs is 1. The van der Waals surface area contributed by atoms with Gasteiger partial charge in [0.25, 0.3) is 0 Å². The smallest absolute Gasteiger partial charge is 0.0832 e. The van der Waals surface area contributed by atoms with E-state index in [1.807, 2.05) is 0 Å².